The molecule has 0 aromatic carbocycles. The molecule has 366 valence electrons. The van der Waals surface area contributed by atoms with Crippen LogP contribution in [0.5, 0.6) is 0 Å². The zero-order valence-corrected chi connectivity index (χ0v) is 46.2. The van der Waals surface area contributed by atoms with Crippen molar-refractivity contribution in [2.75, 3.05) is 0 Å². The molecular weight excluding hydrogens is 733 g/mol. The van der Waals surface area contributed by atoms with Gasteiger partial charge in [-0.05, 0) is 157 Å². The summed E-state index contributed by atoms with van der Waals surface area (Å²) >= 11 is 0. The Morgan fingerprint density at radius 3 is 0.705 bits per heavy atom. The van der Waals surface area contributed by atoms with Crippen LogP contribution >= 0.6 is 0 Å². The third-order valence-electron chi connectivity index (χ3n) is 18.9. The topological polar surface area (TPSA) is 0 Å². The maximum atomic E-state index is 2.40. The molecule has 0 nitrogen and oxygen atoms in total. The molecule has 0 aromatic heterocycles. The van der Waals surface area contributed by atoms with E-state index in [2.05, 4.69) is 132 Å². The van der Waals surface area contributed by atoms with Crippen molar-refractivity contribution < 1.29 is 0 Å². The Morgan fingerprint density at radius 1 is 0.164 bits per heavy atom. The smallest absolute Gasteiger partial charge is 0.0391 e. The van der Waals surface area contributed by atoms with Gasteiger partial charge in [0.25, 0.3) is 0 Å². The molecule has 0 radical (unpaired) electrons. The van der Waals surface area contributed by atoms with Gasteiger partial charge in [0.15, 0.2) is 0 Å². The fourth-order valence-electron chi connectivity index (χ4n) is 12.8. The van der Waals surface area contributed by atoms with E-state index in [1.54, 1.807) is 0 Å². The second-order valence-electron chi connectivity index (χ2n) is 26.0. The lowest BCUT2D eigenvalue weighted by Gasteiger charge is -2.35. The predicted molar refractivity (Wildman–Crippen MR) is 280 cm³/mol. The molecule has 7 saturated carbocycles. The molecule has 0 saturated heterocycles. The van der Waals surface area contributed by atoms with Crippen LogP contribution in [-0.2, 0) is 0 Å². The molecule has 7 rings (SSSR count). The van der Waals surface area contributed by atoms with E-state index in [0.29, 0.717) is 0 Å². The van der Waals surface area contributed by atoms with Crippen molar-refractivity contribution in [3.8, 4) is 0 Å². The maximum absolute atomic E-state index is 2.40. The second-order valence-corrected chi connectivity index (χ2v) is 26.0. The molecule has 13 unspecified atom stereocenters. The molecule has 0 amide bonds. The lowest BCUT2D eigenvalue weighted by atomic mass is 9.71. The van der Waals surface area contributed by atoms with Crippen LogP contribution in [0.25, 0.3) is 0 Å². The fraction of sp³-hybridized carbons (Fsp3) is 1.00. The van der Waals surface area contributed by atoms with Gasteiger partial charge in [-0.3, -0.25) is 0 Å². The Balaban J connectivity index is 0.000000356. The van der Waals surface area contributed by atoms with Gasteiger partial charge in [0, 0.05) is 0 Å². The van der Waals surface area contributed by atoms with Gasteiger partial charge in [0.2, 0.25) is 0 Å². The monoisotopic (exact) mass is 855 g/mol. The third kappa shape index (κ3) is 27.3. The van der Waals surface area contributed by atoms with Crippen molar-refractivity contribution in [2.24, 2.45) is 112 Å². The van der Waals surface area contributed by atoms with Gasteiger partial charge in [-0.15, -0.1) is 0 Å². The van der Waals surface area contributed by atoms with Crippen LogP contribution in [0, 0.1) is 112 Å². The van der Waals surface area contributed by atoms with E-state index < -0.39 is 0 Å². The summed E-state index contributed by atoms with van der Waals surface area (Å²) in [5, 5.41) is 0. The molecule has 61 heavy (non-hydrogen) atoms. The second kappa shape index (κ2) is 32.6. The van der Waals surface area contributed by atoms with E-state index in [1.807, 2.05) is 0 Å². The van der Waals surface area contributed by atoms with E-state index in [1.165, 1.54) is 148 Å². The fourth-order valence-corrected chi connectivity index (χ4v) is 12.8. The summed E-state index contributed by atoms with van der Waals surface area (Å²) in [4.78, 5) is 0. The van der Waals surface area contributed by atoms with Crippen LogP contribution in [0.3, 0.4) is 0 Å². The molecule has 0 aliphatic heterocycles. The molecule has 13 atom stereocenters. The zero-order chi connectivity index (χ0) is 46.2. The van der Waals surface area contributed by atoms with Crippen molar-refractivity contribution >= 4 is 0 Å². The average molecular weight is 856 g/mol. The lowest BCUT2D eigenvalue weighted by Crippen LogP contribution is -2.25. The summed E-state index contributed by atoms with van der Waals surface area (Å²) in [5.41, 5.74) is 0. The Bertz CT molecular complexity index is 914. The maximum Gasteiger partial charge on any atom is -0.0391 e. The normalized spacial score (nSPS) is 43.6. The standard InChI is InChI=1S/C10H20.3C9H18.3C8H16/c1-7-5-9(3)10(4)6-8(7)2;1-7-4-8(2)6-9(3)5-7;1-7-4-5-8(2)9(3)6-7;1-7-5-4-6-8(2)9(7)3;1-7-3-5-8(2)6-4-7;1-7-4-3-5-8(2)6-7;1-7-5-3-4-6-8(7)2/h7-10H,5-6H2,1-4H3;3*7-9H,4-6H2,1-3H3;3*7-8H,3-6H2,1-2H3. The van der Waals surface area contributed by atoms with Crippen molar-refractivity contribution in [1.29, 1.82) is 0 Å². The Hall–Kier alpha value is 0. The van der Waals surface area contributed by atoms with Gasteiger partial charge in [-0.2, -0.15) is 0 Å². The minimum absolute atomic E-state index is 0.964. The first kappa shape index (κ1) is 59.0. The van der Waals surface area contributed by atoms with E-state index in [-0.39, 0.29) is 0 Å². The van der Waals surface area contributed by atoms with Crippen molar-refractivity contribution in [1.82, 2.24) is 0 Å². The zero-order valence-electron chi connectivity index (χ0n) is 46.2. The minimum atomic E-state index is 0.964. The molecule has 7 aliphatic rings. The van der Waals surface area contributed by atoms with Crippen LogP contribution in [0.1, 0.15) is 279 Å². The van der Waals surface area contributed by atoms with Crippen LogP contribution in [0.2, 0.25) is 0 Å². The first-order valence-electron chi connectivity index (χ1n) is 28.6. The molecule has 7 aliphatic carbocycles. The molecule has 0 aromatic rings. The number of hydrogen-bond donors (Lipinski definition) is 0. The highest BCUT2D eigenvalue weighted by atomic mass is 14.3. The van der Waals surface area contributed by atoms with Gasteiger partial charge >= 0.3 is 0 Å². The molecule has 0 spiro atoms. The predicted octanol–water partition coefficient (Wildman–Crippen LogP) is 21.1. The molecule has 0 N–H and O–H groups in total. The van der Waals surface area contributed by atoms with Crippen molar-refractivity contribution in [3.63, 3.8) is 0 Å². The van der Waals surface area contributed by atoms with Crippen molar-refractivity contribution in [3.05, 3.63) is 0 Å². The highest BCUT2D eigenvalue weighted by Crippen LogP contribution is 2.38. The highest BCUT2D eigenvalue weighted by Gasteiger charge is 2.27. The summed E-state index contributed by atoms with van der Waals surface area (Å²) in [7, 11) is 0. The first-order chi connectivity index (χ1) is 28.6. The van der Waals surface area contributed by atoms with Gasteiger partial charge in [0.05, 0.1) is 0 Å². The van der Waals surface area contributed by atoms with E-state index in [0.717, 1.165) is 112 Å². The van der Waals surface area contributed by atoms with Gasteiger partial charge in [-0.25, -0.2) is 0 Å². The van der Waals surface area contributed by atoms with Crippen LogP contribution in [0.15, 0.2) is 0 Å². The van der Waals surface area contributed by atoms with E-state index in [4.69, 9.17) is 0 Å². The largest absolute Gasteiger partial charge is 0.0625 e. The minimum Gasteiger partial charge on any atom is -0.0625 e. The third-order valence-corrected chi connectivity index (χ3v) is 18.9. The van der Waals surface area contributed by atoms with Crippen molar-refractivity contribution in [2.45, 2.75) is 279 Å². The Labute approximate surface area is 390 Å². The first-order valence-corrected chi connectivity index (χ1v) is 28.6. The Morgan fingerprint density at radius 2 is 0.426 bits per heavy atom. The van der Waals surface area contributed by atoms with Gasteiger partial charge < -0.3 is 0 Å². The number of hydrogen-bond acceptors (Lipinski definition) is 0. The number of rotatable bonds is 0. The highest BCUT2D eigenvalue weighted by molar-refractivity contribution is 4.78. The average Bonchev–Trinajstić information content (AvgIpc) is 3.18. The van der Waals surface area contributed by atoms with E-state index >= 15 is 0 Å². The van der Waals surface area contributed by atoms with E-state index in [9.17, 15) is 0 Å². The van der Waals surface area contributed by atoms with Crippen LogP contribution in [-0.4, -0.2) is 0 Å². The molecule has 0 heteroatoms. The van der Waals surface area contributed by atoms with Crippen LogP contribution < -0.4 is 0 Å². The quantitative estimate of drug-likeness (QED) is 0.228. The molecule has 0 bridgehead atoms. The van der Waals surface area contributed by atoms with Gasteiger partial charge in [0.1, 0.15) is 0 Å². The Kier molecular flexibility index (Phi) is 31.6. The lowest BCUT2D eigenvalue weighted by molar-refractivity contribution is 0.157. The summed E-state index contributed by atoms with van der Waals surface area (Å²) in [6.45, 7) is 45.3. The molecule has 0 heterocycles. The summed E-state index contributed by atoms with van der Waals surface area (Å²) in [6, 6.07) is 0. The van der Waals surface area contributed by atoms with Gasteiger partial charge in [-0.1, -0.05) is 234 Å². The summed E-state index contributed by atoms with van der Waals surface area (Å²) in [5.74, 6) is 18.8. The SMILES string of the molecule is CC1CC(C)C(C)CC1C.CC1CC(C)CC(C)C1.CC1CCC(C)C(C)C1.CC1CCC(C)CC1.CC1CCCC(C)C1.CC1CCCC(C)C1C.CC1CCCCC1C. The summed E-state index contributed by atoms with van der Waals surface area (Å²) < 4.78 is 0. The van der Waals surface area contributed by atoms with Crippen LogP contribution in [0.4, 0.5) is 0 Å². The summed E-state index contributed by atoms with van der Waals surface area (Å²) in [6.07, 6.45) is 33.8. The molecule has 7 fully saturated rings. The molecular formula is C61H122.